The third-order valence-electron chi connectivity index (χ3n) is 4.07. The van der Waals surface area contributed by atoms with Gasteiger partial charge < -0.3 is 19.1 Å². The molecule has 2 aliphatic rings. The van der Waals surface area contributed by atoms with Gasteiger partial charge >= 0.3 is 0 Å². The molecule has 22 heavy (non-hydrogen) atoms. The zero-order valence-electron chi connectivity index (χ0n) is 12.9. The van der Waals surface area contributed by atoms with Gasteiger partial charge in [-0.05, 0) is 6.07 Å². The quantitative estimate of drug-likeness (QED) is 0.815. The smallest absolute Gasteiger partial charge is 0.231 e. The van der Waals surface area contributed by atoms with Crippen molar-refractivity contribution in [3.05, 3.63) is 23.8 Å². The highest BCUT2D eigenvalue weighted by Gasteiger charge is 2.20. The lowest BCUT2D eigenvalue weighted by Crippen LogP contribution is -2.42. The Bertz CT molecular complexity index is 529. The molecule has 1 aromatic carbocycles. The lowest BCUT2D eigenvalue weighted by atomic mass is 10.1. The second-order valence-corrected chi connectivity index (χ2v) is 5.55. The van der Waals surface area contributed by atoms with Crippen LogP contribution in [0.5, 0.6) is 11.5 Å². The number of amides is 1. The topological polar surface area (TPSA) is 51.2 Å². The molecule has 2 aliphatic heterocycles. The fourth-order valence-corrected chi connectivity index (χ4v) is 2.76. The van der Waals surface area contributed by atoms with Crippen molar-refractivity contribution in [3.8, 4) is 11.5 Å². The van der Waals surface area contributed by atoms with E-state index in [1.807, 2.05) is 23.1 Å². The van der Waals surface area contributed by atoms with Crippen molar-refractivity contribution in [2.24, 2.45) is 0 Å². The van der Waals surface area contributed by atoms with Gasteiger partial charge in [0.05, 0.1) is 13.2 Å². The summed E-state index contributed by atoms with van der Waals surface area (Å²) in [5.74, 6) is 1.60. The summed E-state index contributed by atoms with van der Waals surface area (Å²) in [6.07, 6.45) is 0. The molecule has 0 bridgehead atoms. The minimum absolute atomic E-state index is 0.0739. The summed E-state index contributed by atoms with van der Waals surface area (Å²) in [5.41, 5.74) is 0.993. The van der Waals surface area contributed by atoms with Gasteiger partial charge in [0.15, 0.2) is 11.5 Å². The van der Waals surface area contributed by atoms with Crippen LogP contribution in [-0.2, 0) is 16.1 Å². The molecule has 120 valence electrons. The van der Waals surface area contributed by atoms with E-state index in [2.05, 4.69) is 4.90 Å². The van der Waals surface area contributed by atoms with Crippen LogP contribution in [0, 0.1) is 0 Å². The molecule has 6 nitrogen and oxygen atoms in total. The molecule has 0 N–H and O–H groups in total. The lowest BCUT2D eigenvalue weighted by Gasteiger charge is -2.29. The largest absolute Gasteiger partial charge is 0.454 e. The molecule has 0 spiro atoms. The summed E-state index contributed by atoms with van der Waals surface area (Å²) in [7, 11) is 0. The van der Waals surface area contributed by atoms with Gasteiger partial charge in [0.25, 0.3) is 0 Å². The number of rotatable bonds is 5. The van der Waals surface area contributed by atoms with Crippen molar-refractivity contribution < 1.29 is 19.0 Å². The number of hydrogen-bond acceptors (Lipinski definition) is 5. The molecular formula is C16H22N2O4. The van der Waals surface area contributed by atoms with Gasteiger partial charge in [-0.1, -0.05) is 12.1 Å². The van der Waals surface area contributed by atoms with Crippen LogP contribution in [-0.4, -0.2) is 61.9 Å². The Hall–Kier alpha value is -1.79. The zero-order valence-corrected chi connectivity index (χ0v) is 12.9. The van der Waals surface area contributed by atoms with Crippen LogP contribution in [0.3, 0.4) is 0 Å². The van der Waals surface area contributed by atoms with E-state index < -0.39 is 0 Å². The number of carbonyl (C=O) groups is 1. The van der Waals surface area contributed by atoms with E-state index in [1.165, 1.54) is 0 Å². The van der Waals surface area contributed by atoms with E-state index >= 15 is 0 Å². The maximum Gasteiger partial charge on any atom is 0.231 e. The number of hydrogen-bond donors (Lipinski definition) is 0. The first-order valence-corrected chi connectivity index (χ1v) is 7.67. The summed E-state index contributed by atoms with van der Waals surface area (Å²) < 4.78 is 16.3. The van der Waals surface area contributed by atoms with E-state index in [1.54, 1.807) is 6.92 Å². The molecule has 1 saturated heterocycles. The normalized spacial score (nSPS) is 17.5. The summed E-state index contributed by atoms with van der Waals surface area (Å²) in [5, 5.41) is 0. The van der Waals surface area contributed by atoms with Crippen molar-refractivity contribution in [1.82, 2.24) is 9.80 Å². The van der Waals surface area contributed by atoms with Gasteiger partial charge in [0, 0.05) is 45.2 Å². The Morgan fingerprint density at radius 3 is 2.86 bits per heavy atom. The number of carbonyl (C=O) groups excluding carboxylic acids is 1. The van der Waals surface area contributed by atoms with E-state index in [0.29, 0.717) is 13.1 Å². The standard InChI is InChI=1S/C16H22N2O4/c1-13(19)18(6-5-17-7-9-20-10-8-17)11-14-3-2-4-15-16(14)22-12-21-15/h2-4H,5-12H2,1H3. The Morgan fingerprint density at radius 1 is 1.27 bits per heavy atom. The van der Waals surface area contributed by atoms with E-state index in [-0.39, 0.29) is 12.7 Å². The monoisotopic (exact) mass is 306 g/mol. The van der Waals surface area contributed by atoms with Gasteiger partial charge in [-0.3, -0.25) is 9.69 Å². The van der Waals surface area contributed by atoms with Crippen LogP contribution in [0.15, 0.2) is 18.2 Å². The third kappa shape index (κ3) is 3.51. The molecule has 2 heterocycles. The Kier molecular flexibility index (Phi) is 4.80. The van der Waals surface area contributed by atoms with Crippen LogP contribution >= 0.6 is 0 Å². The Morgan fingerprint density at radius 2 is 2.09 bits per heavy atom. The van der Waals surface area contributed by atoms with Crippen LogP contribution in [0.1, 0.15) is 12.5 Å². The average molecular weight is 306 g/mol. The highest BCUT2D eigenvalue weighted by Crippen LogP contribution is 2.35. The number of nitrogens with zero attached hydrogens (tertiary/aromatic N) is 2. The predicted octanol–water partition coefficient (Wildman–Crippen LogP) is 1.10. The minimum Gasteiger partial charge on any atom is -0.454 e. The minimum atomic E-state index is 0.0739. The highest BCUT2D eigenvalue weighted by atomic mass is 16.7. The highest BCUT2D eigenvalue weighted by molar-refractivity contribution is 5.73. The average Bonchev–Trinajstić information content (AvgIpc) is 3.01. The van der Waals surface area contributed by atoms with Crippen molar-refractivity contribution in [3.63, 3.8) is 0 Å². The second kappa shape index (κ2) is 6.98. The van der Waals surface area contributed by atoms with Crippen LogP contribution in [0.25, 0.3) is 0 Å². The first-order chi connectivity index (χ1) is 10.7. The zero-order chi connectivity index (χ0) is 15.4. The fraction of sp³-hybridized carbons (Fsp3) is 0.562. The summed E-state index contributed by atoms with van der Waals surface area (Å²) in [6.45, 7) is 7.41. The molecule has 0 aliphatic carbocycles. The predicted molar refractivity (Wildman–Crippen MR) is 80.9 cm³/mol. The second-order valence-electron chi connectivity index (χ2n) is 5.55. The van der Waals surface area contributed by atoms with Gasteiger partial charge in [0.2, 0.25) is 12.7 Å². The molecule has 0 atom stereocenters. The van der Waals surface area contributed by atoms with Gasteiger partial charge in [-0.15, -0.1) is 0 Å². The molecule has 1 fully saturated rings. The number of para-hydroxylation sites is 1. The van der Waals surface area contributed by atoms with Crippen molar-refractivity contribution >= 4 is 5.91 Å². The van der Waals surface area contributed by atoms with Crippen LogP contribution < -0.4 is 9.47 Å². The molecule has 3 rings (SSSR count). The lowest BCUT2D eigenvalue weighted by molar-refractivity contribution is -0.129. The summed E-state index contributed by atoms with van der Waals surface area (Å²) in [4.78, 5) is 16.1. The van der Waals surface area contributed by atoms with E-state index in [0.717, 1.165) is 49.9 Å². The Labute approximate surface area is 130 Å². The van der Waals surface area contributed by atoms with Gasteiger partial charge in [0.1, 0.15) is 0 Å². The number of fused-ring (bicyclic) bond motifs is 1. The number of ether oxygens (including phenoxy) is 3. The van der Waals surface area contributed by atoms with Crippen molar-refractivity contribution in [2.75, 3.05) is 46.2 Å². The molecule has 1 amide bonds. The maximum absolute atomic E-state index is 11.9. The van der Waals surface area contributed by atoms with Gasteiger partial charge in [-0.25, -0.2) is 0 Å². The molecule has 0 unspecified atom stereocenters. The molecule has 6 heteroatoms. The molecule has 0 saturated carbocycles. The first kappa shape index (κ1) is 15.1. The SMILES string of the molecule is CC(=O)N(CCN1CCOCC1)Cc1cccc2c1OCO2. The molecule has 1 aromatic rings. The number of benzene rings is 1. The van der Waals surface area contributed by atoms with Crippen molar-refractivity contribution in [2.45, 2.75) is 13.5 Å². The summed E-state index contributed by atoms with van der Waals surface area (Å²) >= 11 is 0. The fourth-order valence-electron chi connectivity index (χ4n) is 2.76. The van der Waals surface area contributed by atoms with Crippen molar-refractivity contribution in [1.29, 1.82) is 0 Å². The summed E-state index contributed by atoms with van der Waals surface area (Å²) in [6, 6.07) is 5.80. The van der Waals surface area contributed by atoms with E-state index in [9.17, 15) is 4.79 Å². The Balaban J connectivity index is 1.62. The molecule has 0 aromatic heterocycles. The molecular weight excluding hydrogens is 284 g/mol. The first-order valence-electron chi connectivity index (χ1n) is 7.67. The van der Waals surface area contributed by atoms with Gasteiger partial charge in [-0.2, -0.15) is 0 Å². The van der Waals surface area contributed by atoms with Crippen LogP contribution in [0.2, 0.25) is 0 Å². The van der Waals surface area contributed by atoms with E-state index in [4.69, 9.17) is 14.2 Å². The molecule has 0 radical (unpaired) electrons. The number of morpholine rings is 1. The maximum atomic E-state index is 11.9. The third-order valence-corrected chi connectivity index (χ3v) is 4.07. The van der Waals surface area contributed by atoms with Crippen LogP contribution in [0.4, 0.5) is 0 Å².